The van der Waals surface area contributed by atoms with Gasteiger partial charge in [-0.3, -0.25) is 0 Å². The van der Waals surface area contributed by atoms with Crippen molar-refractivity contribution in [1.29, 1.82) is 0 Å². The Kier molecular flexibility index (Phi) is 6.31. The Morgan fingerprint density at radius 2 is 1.97 bits per heavy atom. The van der Waals surface area contributed by atoms with E-state index in [1.54, 1.807) is 24.5 Å². The summed E-state index contributed by atoms with van der Waals surface area (Å²) in [5.74, 6) is 0.0336. The maximum Gasteiger partial charge on any atom is 0.416 e. The van der Waals surface area contributed by atoms with Crippen LogP contribution in [0.1, 0.15) is 30.0 Å². The number of anilines is 1. The maximum atomic E-state index is 13.3. The van der Waals surface area contributed by atoms with Crippen molar-refractivity contribution in [3.63, 3.8) is 0 Å². The Hall–Kier alpha value is -2.74. The molecule has 1 saturated carbocycles. The van der Waals surface area contributed by atoms with Crippen LogP contribution in [-0.4, -0.2) is 40.9 Å². The summed E-state index contributed by atoms with van der Waals surface area (Å²) in [4.78, 5) is 0. The SMILES string of the molecule is NS(=O)(=O)NC[C@@H]1C[C@@H](n2ccc3c(NCc4ccccc4C(F)(F)F)nncc32)C[C@@H]1O. The summed E-state index contributed by atoms with van der Waals surface area (Å²) >= 11 is 0. The first-order valence-corrected chi connectivity index (χ1v) is 11.7. The number of aliphatic hydroxyl groups is 1. The summed E-state index contributed by atoms with van der Waals surface area (Å²) in [6, 6.07) is 6.99. The number of hydrogen-bond acceptors (Lipinski definition) is 6. The van der Waals surface area contributed by atoms with Crippen molar-refractivity contribution in [3.8, 4) is 0 Å². The second-order valence-corrected chi connectivity index (χ2v) is 9.45. The minimum absolute atomic E-state index is 0.0287. The van der Waals surface area contributed by atoms with E-state index < -0.39 is 28.1 Å². The molecule has 2 heterocycles. The number of aliphatic hydroxyl groups excluding tert-OH is 1. The normalized spacial score (nSPS) is 21.5. The zero-order valence-electron chi connectivity index (χ0n) is 17.3. The summed E-state index contributed by atoms with van der Waals surface area (Å²) in [5, 5.41) is 27.0. The molecule has 1 aliphatic carbocycles. The molecule has 4 rings (SSSR count). The zero-order chi connectivity index (χ0) is 23.8. The van der Waals surface area contributed by atoms with E-state index in [1.807, 2.05) is 4.57 Å². The van der Waals surface area contributed by atoms with Gasteiger partial charge in [-0.2, -0.15) is 26.7 Å². The summed E-state index contributed by atoms with van der Waals surface area (Å²) in [7, 11) is -3.85. The fraction of sp³-hybridized carbons (Fsp3) is 0.400. The van der Waals surface area contributed by atoms with Crippen LogP contribution in [0.25, 0.3) is 10.9 Å². The van der Waals surface area contributed by atoms with Gasteiger partial charge in [0.05, 0.1) is 23.4 Å². The standard InChI is InChI=1S/C20H23F3N6O3S/c21-20(22,23)16-4-2-1-3-12(16)9-25-19-15-5-6-29(17(15)11-26-28-19)14-7-13(18(30)8-14)10-27-33(24,31)32/h1-6,11,13-14,18,27,30H,7-10H2,(H,25,28)(H2,24,31,32)/t13-,14+,18-/m0/s1. The largest absolute Gasteiger partial charge is 0.416 e. The van der Waals surface area contributed by atoms with Gasteiger partial charge in [0.25, 0.3) is 10.2 Å². The first-order valence-electron chi connectivity index (χ1n) is 10.2. The first kappa shape index (κ1) is 23.4. The van der Waals surface area contributed by atoms with E-state index in [4.69, 9.17) is 5.14 Å². The Bertz CT molecular complexity index is 1250. The van der Waals surface area contributed by atoms with Gasteiger partial charge in [0.2, 0.25) is 0 Å². The molecular formula is C20H23F3N6O3S. The highest BCUT2D eigenvalue weighted by molar-refractivity contribution is 7.87. The lowest BCUT2D eigenvalue weighted by atomic mass is 10.1. The highest BCUT2D eigenvalue weighted by atomic mass is 32.2. The predicted octanol–water partition coefficient (Wildman–Crippen LogP) is 2.17. The van der Waals surface area contributed by atoms with Crippen LogP contribution in [0.5, 0.6) is 0 Å². The number of aromatic nitrogens is 3. The van der Waals surface area contributed by atoms with Crippen molar-refractivity contribution in [1.82, 2.24) is 19.5 Å². The third-order valence-electron chi connectivity index (χ3n) is 5.89. The van der Waals surface area contributed by atoms with Gasteiger partial charge in [-0.25, -0.2) is 9.86 Å². The number of halogens is 3. The van der Waals surface area contributed by atoms with Gasteiger partial charge >= 0.3 is 6.18 Å². The second-order valence-electron chi connectivity index (χ2n) is 8.07. The van der Waals surface area contributed by atoms with Crippen LogP contribution < -0.4 is 15.2 Å². The van der Waals surface area contributed by atoms with Gasteiger partial charge in [0.15, 0.2) is 5.82 Å². The van der Waals surface area contributed by atoms with E-state index in [1.165, 1.54) is 12.1 Å². The van der Waals surface area contributed by atoms with Crippen LogP contribution in [0.15, 0.2) is 42.7 Å². The van der Waals surface area contributed by atoms with Crippen LogP contribution in [0.2, 0.25) is 0 Å². The van der Waals surface area contributed by atoms with E-state index in [0.717, 1.165) is 6.07 Å². The third kappa shape index (κ3) is 5.27. The molecule has 0 spiro atoms. The molecule has 3 atom stereocenters. The number of nitrogens with one attached hydrogen (secondary N) is 2. The molecule has 3 aromatic rings. The number of rotatable bonds is 7. The molecule has 1 aliphatic rings. The molecule has 0 aliphatic heterocycles. The Labute approximate surface area is 188 Å². The van der Waals surface area contributed by atoms with Gasteiger partial charge in [0.1, 0.15) is 0 Å². The van der Waals surface area contributed by atoms with Crippen molar-refractivity contribution in [3.05, 3.63) is 53.9 Å². The first-order chi connectivity index (χ1) is 15.5. The van der Waals surface area contributed by atoms with Crippen LogP contribution in [0.3, 0.4) is 0 Å². The molecule has 1 aromatic carbocycles. The monoisotopic (exact) mass is 484 g/mol. The maximum absolute atomic E-state index is 13.3. The van der Waals surface area contributed by atoms with Crippen LogP contribution in [0.4, 0.5) is 19.0 Å². The molecule has 0 radical (unpaired) electrons. The molecule has 0 amide bonds. The lowest BCUT2D eigenvalue weighted by Crippen LogP contribution is -2.36. The Balaban J connectivity index is 1.52. The molecule has 0 saturated heterocycles. The van der Waals surface area contributed by atoms with Crippen LogP contribution in [-0.2, 0) is 22.9 Å². The zero-order valence-corrected chi connectivity index (χ0v) is 18.1. The van der Waals surface area contributed by atoms with Gasteiger partial charge in [-0.05, 0) is 30.5 Å². The average Bonchev–Trinajstić information content (AvgIpc) is 3.33. The molecule has 5 N–H and O–H groups in total. The molecule has 0 bridgehead atoms. The number of hydrogen-bond donors (Lipinski definition) is 4. The van der Waals surface area contributed by atoms with E-state index in [9.17, 15) is 26.7 Å². The van der Waals surface area contributed by atoms with Gasteiger partial charge in [-0.1, -0.05) is 18.2 Å². The van der Waals surface area contributed by atoms with Gasteiger partial charge < -0.3 is 15.0 Å². The fourth-order valence-electron chi connectivity index (χ4n) is 4.31. The number of benzene rings is 1. The minimum atomic E-state index is -4.46. The quantitative estimate of drug-likeness (QED) is 0.406. The Morgan fingerprint density at radius 1 is 1.21 bits per heavy atom. The van der Waals surface area contributed by atoms with Crippen LogP contribution >= 0.6 is 0 Å². The van der Waals surface area contributed by atoms with E-state index in [0.29, 0.717) is 29.6 Å². The highest BCUT2D eigenvalue weighted by Crippen LogP contribution is 2.38. The third-order valence-corrected chi connectivity index (χ3v) is 6.46. The highest BCUT2D eigenvalue weighted by Gasteiger charge is 2.35. The number of nitrogens with zero attached hydrogens (tertiary/aromatic N) is 3. The van der Waals surface area contributed by atoms with E-state index in [2.05, 4.69) is 20.2 Å². The lowest BCUT2D eigenvalue weighted by Gasteiger charge is -2.15. The molecule has 1 fully saturated rings. The van der Waals surface area contributed by atoms with Crippen molar-refractivity contribution in [2.24, 2.45) is 11.1 Å². The van der Waals surface area contributed by atoms with Gasteiger partial charge in [-0.15, -0.1) is 5.10 Å². The molecule has 2 aromatic heterocycles. The van der Waals surface area contributed by atoms with Crippen molar-refractivity contribution < 1.29 is 26.7 Å². The number of nitrogens with two attached hydrogens (primary N) is 1. The van der Waals surface area contributed by atoms with E-state index >= 15 is 0 Å². The molecule has 13 heteroatoms. The van der Waals surface area contributed by atoms with E-state index in [-0.39, 0.29) is 30.6 Å². The minimum Gasteiger partial charge on any atom is -0.393 e. The lowest BCUT2D eigenvalue weighted by molar-refractivity contribution is -0.138. The second kappa shape index (κ2) is 8.89. The molecule has 0 unspecified atom stereocenters. The number of alkyl halides is 3. The van der Waals surface area contributed by atoms with Gasteiger partial charge in [0, 0.05) is 36.6 Å². The summed E-state index contributed by atoms with van der Waals surface area (Å²) < 4.78 is 66.2. The number of fused-ring (bicyclic) bond motifs is 1. The predicted molar refractivity (Wildman–Crippen MR) is 115 cm³/mol. The Morgan fingerprint density at radius 3 is 2.70 bits per heavy atom. The van der Waals surface area contributed by atoms with Crippen LogP contribution in [0, 0.1) is 5.92 Å². The van der Waals surface area contributed by atoms with Crippen molar-refractivity contribution in [2.75, 3.05) is 11.9 Å². The average molecular weight is 485 g/mol. The summed E-state index contributed by atoms with van der Waals surface area (Å²) in [6.07, 6.45) is -0.908. The molecule has 178 valence electrons. The van der Waals surface area contributed by atoms with Crippen molar-refractivity contribution in [2.45, 2.75) is 37.7 Å². The molecular weight excluding hydrogens is 461 g/mol. The molecule has 33 heavy (non-hydrogen) atoms. The fourth-order valence-corrected chi connectivity index (χ4v) is 4.76. The smallest absolute Gasteiger partial charge is 0.393 e. The van der Waals surface area contributed by atoms with Crippen molar-refractivity contribution >= 4 is 26.9 Å². The summed E-state index contributed by atoms with van der Waals surface area (Å²) in [6.45, 7) is -0.0565. The summed E-state index contributed by atoms with van der Waals surface area (Å²) in [5.41, 5.74) is 0.0792. The topological polar surface area (TPSA) is 135 Å². The molecule has 9 nitrogen and oxygen atoms in total.